The van der Waals surface area contributed by atoms with Gasteiger partial charge in [0.15, 0.2) is 5.82 Å². The monoisotopic (exact) mass is 228 g/mol. The minimum absolute atomic E-state index is 0.00741. The van der Waals surface area contributed by atoms with Crippen LogP contribution in [0.3, 0.4) is 0 Å². The number of carbonyl (C=O) groups is 1. The van der Waals surface area contributed by atoms with Crippen LogP contribution in [0.2, 0.25) is 0 Å². The predicted molar refractivity (Wildman–Crippen MR) is 55.3 cm³/mol. The van der Waals surface area contributed by atoms with Gasteiger partial charge < -0.3 is 15.2 Å². The number of amides is 1. The summed E-state index contributed by atoms with van der Waals surface area (Å²) >= 11 is 1.78. The molecule has 0 bridgehead atoms. The fourth-order valence-electron chi connectivity index (χ4n) is 1.29. The number of rotatable bonds is 3. The van der Waals surface area contributed by atoms with Crippen molar-refractivity contribution >= 4 is 17.7 Å². The summed E-state index contributed by atoms with van der Waals surface area (Å²) in [7, 11) is 0. The summed E-state index contributed by atoms with van der Waals surface area (Å²) in [4.78, 5) is 15.4. The van der Waals surface area contributed by atoms with E-state index >= 15 is 0 Å². The molecule has 0 aromatic carbocycles. The SMILES string of the molecule is O=C(NCc1ncon1)C1CSCCN1. The maximum Gasteiger partial charge on any atom is 0.238 e. The Bertz CT molecular complexity index is 310. The summed E-state index contributed by atoms with van der Waals surface area (Å²) in [5, 5.41) is 9.51. The molecule has 15 heavy (non-hydrogen) atoms. The van der Waals surface area contributed by atoms with Gasteiger partial charge in [0, 0.05) is 18.1 Å². The van der Waals surface area contributed by atoms with Gasteiger partial charge >= 0.3 is 0 Å². The van der Waals surface area contributed by atoms with Gasteiger partial charge in [0.1, 0.15) is 0 Å². The zero-order valence-electron chi connectivity index (χ0n) is 8.10. The van der Waals surface area contributed by atoms with Crippen LogP contribution in [0.15, 0.2) is 10.9 Å². The molecule has 0 radical (unpaired) electrons. The number of nitrogens with zero attached hydrogens (tertiary/aromatic N) is 2. The Labute approximate surface area is 91.2 Å². The molecule has 1 aromatic rings. The first-order chi connectivity index (χ1) is 7.36. The predicted octanol–water partition coefficient (Wildman–Crippen LogP) is -0.609. The van der Waals surface area contributed by atoms with Crippen molar-refractivity contribution in [3.63, 3.8) is 0 Å². The van der Waals surface area contributed by atoms with Crippen LogP contribution in [-0.4, -0.2) is 40.1 Å². The minimum Gasteiger partial charge on any atom is -0.347 e. The lowest BCUT2D eigenvalue weighted by atomic mass is 10.3. The maximum absolute atomic E-state index is 11.6. The largest absolute Gasteiger partial charge is 0.347 e. The topological polar surface area (TPSA) is 80.1 Å². The molecule has 1 saturated heterocycles. The first-order valence-electron chi connectivity index (χ1n) is 4.70. The third-order valence-corrected chi connectivity index (χ3v) is 3.13. The maximum atomic E-state index is 11.6. The van der Waals surface area contributed by atoms with E-state index in [9.17, 15) is 4.79 Å². The zero-order valence-corrected chi connectivity index (χ0v) is 8.92. The van der Waals surface area contributed by atoms with E-state index in [2.05, 4.69) is 25.3 Å². The highest BCUT2D eigenvalue weighted by molar-refractivity contribution is 7.99. The van der Waals surface area contributed by atoms with Crippen molar-refractivity contribution in [2.24, 2.45) is 0 Å². The summed E-state index contributed by atoms with van der Waals surface area (Å²) in [5.41, 5.74) is 0. The van der Waals surface area contributed by atoms with E-state index in [4.69, 9.17) is 0 Å². The van der Waals surface area contributed by atoms with Gasteiger partial charge in [-0.25, -0.2) is 0 Å². The van der Waals surface area contributed by atoms with Crippen molar-refractivity contribution in [2.75, 3.05) is 18.1 Å². The summed E-state index contributed by atoms with van der Waals surface area (Å²) in [5.74, 6) is 2.37. The molecular formula is C8H12N4O2S. The molecule has 6 nitrogen and oxygen atoms in total. The quantitative estimate of drug-likeness (QED) is 0.718. The lowest BCUT2D eigenvalue weighted by Gasteiger charge is -2.21. The van der Waals surface area contributed by atoms with E-state index in [1.165, 1.54) is 6.39 Å². The third-order valence-electron chi connectivity index (χ3n) is 2.07. The lowest BCUT2D eigenvalue weighted by molar-refractivity contribution is -0.122. The van der Waals surface area contributed by atoms with Crippen molar-refractivity contribution < 1.29 is 9.32 Å². The van der Waals surface area contributed by atoms with Gasteiger partial charge in [-0.1, -0.05) is 5.16 Å². The molecular weight excluding hydrogens is 216 g/mol. The summed E-state index contributed by atoms with van der Waals surface area (Å²) in [6.45, 7) is 1.20. The van der Waals surface area contributed by atoms with Gasteiger partial charge in [-0.15, -0.1) is 0 Å². The normalized spacial score (nSPS) is 21.2. The molecule has 0 spiro atoms. The molecule has 1 amide bonds. The Morgan fingerprint density at radius 3 is 3.40 bits per heavy atom. The summed E-state index contributed by atoms with van der Waals surface area (Å²) in [6.07, 6.45) is 1.25. The number of thioether (sulfide) groups is 1. The van der Waals surface area contributed by atoms with Crippen LogP contribution < -0.4 is 10.6 Å². The summed E-state index contributed by atoms with van der Waals surface area (Å²) < 4.78 is 4.56. The fraction of sp³-hybridized carbons (Fsp3) is 0.625. The highest BCUT2D eigenvalue weighted by Crippen LogP contribution is 2.07. The highest BCUT2D eigenvalue weighted by atomic mass is 32.2. The fourth-order valence-corrected chi connectivity index (χ4v) is 2.23. The second kappa shape index (κ2) is 5.13. The summed E-state index contributed by atoms with van der Waals surface area (Å²) in [6, 6.07) is -0.101. The lowest BCUT2D eigenvalue weighted by Crippen LogP contribution is -2.48. The Balaban J connectivity index is 1.76. The van der Waals surface area contributed by atoms with Crippen LogP contribution >= 0.6 is 11.8 Å². The van der Waals surface area contributed by atoms with Crippen LogP contribution in [0, 0.1) is 0 Å². The van der Waals surface area contributed by atoms with Gasteiger partial charge in [0.2, 0.25) is 12.3 Å². The van der Waals surface area contributed by atoms with Crippen molar-refractivity contribution in [2.45, 2.75) is 12.6 Å². The number of hydrogen-bond donors (Lipinski definition) is 2. The second-order valence-corrected chi connectivity index (χ2v) is 4.30. The van der Waals surface area contributed by atoms with E-state index in [0.29, 0.717) is 12.4 Å². The van der Waals surface area contributed by atoms with Crippen LogP contribution in [0.1, 0.15) is 5.82 Å². The van der Waals surface area contributed by atoms with E-state index in [-0.39, 0.29) is 11.9 Å². The number of nitrogens with one attached hydrogen (secondary N) is 2. The van der Waals surface area contributed by atoms with Gasteiger partial charge in [-0.3, -0.25) is 4.79 Å². The molecule has 82 valence electrons. The Morgan fingerprint density at radius 2 is 2.73 bits per heavy atom. The van der Waals surface area contributed by atoms with Crippen molar-refractivity contribution in [3.05, 3.63) is 12.2 Å². The van der Waals surface area contributed by atoms with Crippen molar-refractivity contribution in [3.8, 4) is 0 Å². The molecule has 1 aliphatic rings. The minimum atomic E-state index is -0.101. The van der Waals surface area contributed by atoms with E-state index in [1.807, 2.05) is 0 Å². The molecule has 1 unspecified atom stereocenters. The number of carbonyl (C=O) groups excluding carboxylic acids is 1. The smallest absolute Gasteiger partial charge is 0.238 e. The van der Waals surface area contributed by atoms with Crippen LogP contribution in [-0.2, 0) is 11.3 Å². The average molecular weight is 228 g/mol. The van der Waals surface area contributed by atoms with Crippen LogP contribution in [0.4, 0.5) is 0 Å². The van der Waals surface area contributed by atoms with Gasteiger partial charge in [-0.2, -0.15) is 16.7 Å². The third kappa shape index (κ3) is 2.93. The average Bonchev–Trinajstić information content (AvgIpc) is 2.80. The molecule has 0 saturated carbocycles. The molecule has 2 N–H and O–H groups in total. The molecule has 1 atom stereocenters. The van der Waals surface area contributed by atoms with Crippen LogP contribution in [0.25, 0.3) is 0 Å². The van der Waals surface area contributed by atoms with Gasteiger partial charge in [-0.05, 0) is 0 Å². The van der Waals surface area contributed by atoms with Crippen molar-refractivity contribution in [1.82, 2.24) is 20.8 Å². The van der Waals surface area contributed by atoms with Crippen LogP contribution in [0.5, 0.6) is 0 Å². The Morgan fingerprint density at radius 1 is 1.80 bits per heavy atom. The molecule has 1 fully saturated rings. The Kier molecular flexibility index (Phi) is 3.57. The molecule has 2 heterocycles. The van der Waals surface area contributed by atoms with E-state index in [0.717, 1.165) is 18.1 Å². The molecule has 1 aliphatic heterocycles. The molecule has 2 rings (SSSR count). The van der Waals surface area contributed by atoms with E-state index in [1.54, 1.807) is 11.8 Å². The van der Waals surface area contributed by atoms with Gasteiger partial charge in [0.05, 0.1) is 12.6 Å². The second-order valence-electron chi connectivity index (χ2n) is 3.15. The van der Waals surface area contributed by atoms with Gasteiger partial charge in [0.25, 0.3) is 0 Å². The van der Waals surface area contributed by atoms with Crippen molar-refractivity contribution in [1.29, 1.82) is 0 Å². The number of hydrogen-bond acceptors (Lipinski definition) is 6. The highest BCUT2D eigenvalue weighted by Gasteiger charge is 2.20. The standard InChI is InChI=1S/C8H12N4O2S/c13-8(6-4-15-2-1-9-6)10-3-7-11-5-14-12-7/h5-6,9H,1-4H2,(H,10,13). The first kappa shape index (κ1) is 10.4. The van der Waals surface area contributed by atoms with E-state index < -0.39 is 0 Å². The Hall–Kier alpha value is -1.08. The molecule has 1 aromatic heterocycles. The zero-order chi connectivity index (χ0) is 10.5. The first-order valence-corrected chi connectivity index (χ1v) is 5.86. The molecule has 0 aliphatic carbocycles. The molecule has 7 heteroatoms. The number of aromatic nitrogens is 2.